The third kappa shape index (κ3) is 2.80. The van der Waals surface area contributed by atoms with Crippen LogP contribution in [0.1, 0.15) is 22.9 Å². The van der Waals surface area contributed by atoms with Crippen LogP contribution in [0.2, 0.25) is 0 Å². The van der Waals surface area contributed by atoms with Crippen molar-refractivity contribution in [1.29, 1.82) is 0 Å². The van der Waals surface area contributed by atoms with Gasteiger partial charge in [-0.2, -0.15) is 0 Å². The lowest BCUT2D eigenvalue weighted by Crippen LogP contribution is -3.13. The Kier molecular flexibility index (Phi) is 3.88. The van der Waals surface area contributed by atoms with Crippen LogP contribution < -0.4 is 10.5 Å². The van der Waals surface area contributed by atoms with Crippen molar-refractivity contribution < 1.29 is 4.90 Å². The number of pyridine rings is 1. The van der Waals surface area contributed by atoms with Gasteiger partial charge in [-0.3, -0.25) is 4.79 Å². The molecule has 1 fully saturated rings. The van der Waals surface area contributed by atoms with Crippen LogP contribution in [-0.4, -0.2) is 17.7 Å². The van der Waals surface area contributed by atoms with E-state index < -0.39 is 0 Å². The summed E-state index contributed by atoms with van der Waals surface area (Å²) < 4.78 is 2.08. The number of aromatic nitrogens is 1. The fourth-order valence-corrected chi connectivity index (χ4v) is 6.22. The molecule has 2 bridgehead atoms. The van der Waals surface area contributed by atoms with Gasteiger partial charge in [-0.25, -0.2) is 0 Å². The second kappa shape index (κ2) is 6.24. The van der Waals surface area contributed by atoms with Gasteiger partial charge in [0.2, 0.25) is 0 Å². The van der Waals surface area contributed by atoms with E-state index in [0.717, 1.165) is 19.6 Å². The van der Waals surface area contributed by atoms with E-state index in [2.05, 4.69) is 39.6 Å². The monoisotopic (exact) mass is 369 g/mol. The lowest BCUT2D eigenvalue weighted by Gasteiger charge is -2.41. The molecule has 3 nitrogen and oxygen atoms in total. The molecule has 0 aromatic carbocycles. The lowest BCUT2D eigenvalue weighted by atomic mass is 9.81. The van der Waals surface area contributed by atoms with Gasteiger partial charge < -0.3 is 9.47 Å². The maximum Gasteiger partial charge on any atom is 0.250 e. The second-order valence-corrected chi connectivity index (χ2v) is 9.25. The normalized spacial score (nSPS) is 24.9. The summed E-state index contributed by atoms with van der Waals surface area (Å²) in [6.45, 7) is 4.33. The highest BCUT2D eigenvalue weighted by atomic mass is 32.1. The van der Waals surface area contributed by atoms with Crippen LogP contribution in [0.3, 0.4) is 0 Å². The molecule has 0 radical (unpaired) electrons. The first-order chi connectivity index (χ1) is 12.3. The molecule has 5 heteroatoms. The molecule has 1 saturated heterocycles. The second-order valence-electron chi connectivity index (χ2n) is 7.27. The molecule has 0 saturated carbocycles. The zero-order valence-corrected chi connectivity index (χ0v) is 15.6. The number of quaternary nitrogens is 1. The highest BCUT2D eigenvalue weighted by molar-refractivity contribution is 7.13. The molecule has 2 aliphatic heterocycles. The molecule has 3 atom stereocenters. The molecule has 1 N–H and O–H groups in total. The summed E-state index contributed by atoms with van der Waals surface area (Å²) in [5.74, 6) is 1.12. The number of piperidine rings is 1. The van der Waals surface area contributed by atoms with Crippen LogP contribution in [0, 0.1) is 5.92 Å². The Morgan fingerprint density at radius 2 is 1.96 bits per heavy atom. The molecule has 5 rings (SSSR count). The minimum atomic E-state index is 0.173. The van der Waals surface area contributed by atoms with Crippen molar-refractivity contribution in [1.82, 2.24) is 4.57 Å². The van der Waals surface area contributed by atoms with Crippen LogP contribution in [-0.2, 0) is 13.1 Å². The molecule has 5 heterocycles. The van der Waals surface area contributed by atoms with E-state index >= 15 is 0 Å². The fourth-order valence-electron chi connectivity index (χ4n) is 4.68. The van der Waals surface area contributed by atoms with Gasteiger partial charge in [-0.15, -0.1) is 22.7 Å². The van der Waals surface area contributed by atoms with E-state index in [1.165, 1.54) is 34.0 Å². The van der Waals surface area contributed by atoms with Crippen LogP contribution in [0.4, 0.5) is 0 Å². The first-order valence-electron chi connectivity index (χ1n) is 8.91. The van der Waals surface area contributed by atoms with E-state index in [9.17, 15) is 4.79 Å². The van der Waals surface area contributed by atoms with E-state index in [1.54, 1.807) is 22.3 Å². The zero-order valence-electron chi connectivity index (χ0n) is 14.0. The third-order valence-electron chi connectivity index (χ3n) is 5.57. The number of likely N-dealkylation sites (tertiary alicyclic amines) is 1. The van der Waals surface area contributed by atoms with Crippen molar-refractivity contribution in [3.8, 4) is 10.4 Å². The van der Waals surface area contributed by atoms with Crippen molar-refractivity contribution in [3.05, 3.63) is 68.1 Å². The van der Waals surface area contributed by atoms with Crippen molar-refractivity contribution in [2.45, 2.75) is 25.4 Å². The highest BCUT2D eigenvalue weighted by Gasteiger charge is 2.38. The van der Waals surface area contributed by atoms with Crippen molar-refractivity contribution >= 4 is 22.7 Å². The SMILES string of the molecule is O=c1ccc(-c2cccs2)c2n1C[C@H]1C[C@@H]2C[NH+](Cc2cccs2)C1. The molecule has 3 aromatic heterocycles. The molecule has 128 valence electrons. The summed E-state index contributed by atoms with van der Waals surface area (Å²) >= 11 is 3.63. The summed E-state index contributed by atoms with van der Waals surface area (Å²) in [6, 6.07) is 12.5. The Morgan fingerprint density at radius 3 is 2.76 bits per heavy atom. The Labute approximate surface area is 155 Å². The van der Waals surface area contributed by atoms with Gasteiger partial charge in [0.15, 0.2) is 0 Å². The van der Waals surface area contributed by atoms with Gasteiger partial charge in [0.25, 0.3) is 5.56 Å². The maximum atomic E-state index is 12.5. The fraction of sp³-hybridized carbons (Fsp3) is 0.350. The first-order valence-corrected chi connectivity index (χ1v) is 10.7. The Morgan fingerprint density at radius 1 is 1.08 bits per heavy atom. The Hall–Kier alpha value is -1.69. The van der Waals surface area contributed by atoms with E-state index in [4.69, 9.17) is 0 Å². The molecular formula is C20H21N2OS2+. The van der Waals surface area contributed by atoms with Gasteiger partial charge in [0.1, 0.15) is 6.54 Å². The largest absolute Gasteiger partial charge is 0.330 e. The summed E-state index contributed by atoms with van der Waals surface area (Å²) in [4.78, 5) is 16.9. The van der Waals surface area contributed by atoms with Crippen molar-refractivity contribution in [3.63, 3.8) is 0 Å². The molecule has 0 spiro atoms. The Bertz CT molecular complexity index is 927. The molecule has 25 heavy (non-hydrogen) atoms. The van der Waals surface area contributed by atoms with E-state index in [-0.39, 0.29) is 5.56 Å². The maximum absolute atomic E-state index is 12.5. The predicted molar refractivity (Wildman–Crippen MR) is 104 cm³/mol. The van der Waals surface area contributed by atoms with Crippen LogP contribution in [0.25, 0.3) is 10.4 Å². The lowest BCUT2D eigenvalue weighted by molar-refractivity contribution is -0.924. The highest BCUT2D eigenvalue weighted by Crippen LogP contribution is 2.38. The van der Waals surface area contributed by atoms with Crippen LogP contribution >= 0.6 is 22.7 Å². The third-order valence-corrected chi connectivity index (χ3v) is 7.35. The average Bonchev–Trinajstić information content (AvgIpc) is 3.29. The summed E-state index contributed by atoms with van der Waals surface area (Å²) in [5, 5.41) is 4.29. The van der Waals surface area contributed by atoms with Crippen LogP contribution in [0.15, 0.2) is 52.0 Å². The van der Waals surface area contributed by atoms with E-state index in [0.29, 0.717) is 11.8 Å². The van der Waals surface area contributed by atoms with Gasteiger partial charge in [-0.1, -0.05) is 12.1 Å². The summed E-state index contributed by atoms with van der Waals surface area (Å²) in [6.07, 6.45) is 1.23. The molecule has 0 amide bonds. The number of hydrogen-bond donors (Lipinski definition) is 1. The molecule has 1 unspecified atom stereocenters. The van der Waals surface area contributed by atoms with Gasteiger partial charge in [0, 0.05) is 40.6 Å². The quantitative estimate of drug-likeness (QED) is 0.755. The van der Waals surface area contributed by atoms with Gasteiger partial charge in [0.05, 0.1) is 18.0 Å². The van der Waals surface area contributed by atoms with Crippen molar-refractivity contribution in [2.75, 3.05) is 13.1 Å². The number of rotatable bonds is 3. The Balaban J connectivity index is 1.53. The summed E-state index contributed by atoms with van der Waals surface area (Å²) in [5.41, 5.74) is 2.73. The number of nitrogens with zero attached hydrogens (tertiary/aromatic N) is 1. The summed E-state index contributed by atoms with van der Waals surface area (Å²) in [7, 11) is 0. The zero-order chi connectivity index (χ0) is 16.8. The standard InChI is InChI=1S/C20H20N2OS2/c23-19-6-5-17(18-4-2-8-25-18)20-15-9-14(11-22(19)20)10-21(12-15)13-16-3-1-7-24-16/h1-8,14-15H,9-13H2/p+1/t14-,15+/m0/s1. The van der Waals surface area contributed by atoms with Gasteiger partial charge in [-0.05, 0) is 35.4 Å². The van der Waals surface area contributed by atoms with Gasteiger partial charge >= 0.3 is 0 Å². The molecule has 3 aromatic rings. The number of thiophene rings is 2. The first kappa shape index (κ1) is 15.6. The number of hydrogen-bond acceptors (Lipinski definition) is 3. The average molecular weight is 370 g/mol. The molecular weight excluding hydrogens is 348 g/mol. The van der Waals surface area contributed by atoms with E-state index in [1.807, 2.05) is 17.4 Å². The molecule has 2 aliphatic rings. The predicted octanol–water partition coefficient (Wildman–Crippen LogP) is 2.84. The minimum Gasteiger partial charge on any atom is -0.330 e. The number of fused-ring (bicyclic) bond motifs is 4. The number of nitrogens with one attached hydrogen (secondary N) is 1. The smallest absolute Gasteiger partial charge is 0.250 e. The minimum absolute atomic E-state index is 0.173. The topological polar surface area (TPSA) is 26.4 Å². The van der Waals surface area contributed by atoms with Crippen molar-refractivity contribution in [2.24, 2.45) is 5.92 Å². The molecule has 0 aliphatic carbocycles. The van der Waals surface area contributed by atoms with Crippen LogP contribution in [0.5, 0.6) is 0 Å².